The Labute approximate surface area is 106 Å². The highest BCUT2D eigenvalue weighted by atomic mass is 32.2. The van der Waals surface area contributed by atoms with E-state index in [0.29, 0.717) is 13.0 Å². The van der Waals surface area contributed by atoms with E-state index < -0.39 is 6.04 Å². The molecule has 0 aliphatic rings. The van der Waals surface area contributed by atoms with Crippen LogP contribution >= 0.6 is 11.8 Å². The lowest BCUT2D eigenvalue weighted by Gasteiger charge is -2.11. The Morgan fingerprint density at radius 1 is 1.47 bits per heavy atom. The highest BCUT2D eigenvalue weighted by Gasteiger charge is 2.11. The number of thioether (sulfide) groups is 1. The van der Waals surface area contributed by atoms with Crippen molar-refractivity contribution in [2.75, 3.05) is 12.0 Å². The number of rotatable bonds is 6. The standard InChI is InChI=1S/C12H18N2O2S/c1-17-7-6-11(13)12(16)14-8-9-2-4-10(15)5-3-9/h2-5,11,15H,6-8,13H2,1H3,(H,14,16)/t11-/m0/s1. The van der Waals surface area contributed by atoms with E-state index in [4.69, 9.17) is 10.8 Å². The van der Waals surface area contributed by atoms with E-state index in [1.54, 1.807) is 36.0 Å². The maximum Gasteiger partial charge on any atom is 0.237 e. The molecule has 5 heteroatoms. The number of hydrogen-bond acceptors (Lipinski definition) is 4. The number of amides is 1. The fourth-order valence-electron chi connectivity index (χ4n) is 1.31. The second-order valence-electron chi connectivity index (χ2n) is 3.77. The maximum absolute atomic E-state index is 11.6. The van der Waals surface area contributed by atoms with Crippen molar-refractivity contribution >= 4 is 17.7 Å². The minimum Gasteiger partial charge on any atom is -0.508 e. The highest BCUT2D eigenvalue weighted by molar-refractivity contribution is 7.98. The van der Waals surface area contributed by atoms with Crippen molar-refractivity contribution in [3.63, 3.8) is 0 Å². The number of carbonyl (C=O) groups excluding carboxylic acids is 1. The summed E-state index contributed by atoms with van der Waals surface area (Å²) in [4.78, 5) is 11.6. The quantitative estimate of drug-likeness (QED) is 0.710. The Morgan fingerprint density at radius 2 is 2.12 bits per heavy atom. The molecule has 4 N–H and O–H groups in total. The zero-order chi connectivity index (χ0) is 12.7. The average molecular weight is 254 g/mol. The molecule has 0 aliphatic heterocycles. The number of hydrogen-bond donors (Lipinski definition) is 3. The van der Waals surface area contributed by atoms with Crippen molar-refractivity contribution in [3.8, 4) is 5.75 Å². The van der Waals surface area contributed by atoms with Crippen LogP contribution in [-0.2, 0) is 11.3 Å². The smallest absolute Gasteiger partial charge is 0.237 e. The molecule has 17 heavy (non-hydrogen) atoms. The van der Waals surface area contributed by atoms with Crippen LogP contribution in [0, 0.1) is 0 Å². The predicted molar refractivity (Wildman–Crippen MR) is 70.9 cm³/mol. The van der Waals surface area contributed by atoms with Gasteiger partial charge in [-0.05, 0) is 36.1 Å². The molecule has 0 spiro atoms. The van der Waals surface area contributed by atoms with Gasteiger partial charge in [0.2, 0.25) is 5.91 Å². The molecule has 4 nitrogen and oxygen atoms in total. The van der Waals surface area contributed by atoms with Crippen LogP contribution in [0.4, 0.5) is 0 Å². The molecule has 1 rings (SSSR count). The Kier molecular flexibility index (Phi) is 5.86. The molecule has 1 atom stereocenters. The number of phenols is 1. The first-order chi connectivity index (χ1) is 8.13. The lowest BCUT2D eigenvalue weighted by atomic mass is 10.2. The molecule has 0 saturated carbocycles. The van der Waals surface area contributed by atoms with E-state index in [0.717, 1.165) is 11.3 Å². The van der Waals surface area contributed by atoms with E-state index in [9.17, 15) is 4.79 Å². The van der Waals surface area contributed by atoms with Gasteiger partial charge < -0.3 is 16.2 Å². The Bertz CT molecular complexity index is 354. The molecule has 0 radical (unpaired) electrons. The van der Waals surface area contributed by atoms with Crippen LogP contribution in [0.1, 0.15) is 12.0 Å². The predicted octanol–water partition coefficient (Wildman–Crippen LogP) is 1.09. The molecule has 1 amide bonds. The topological polar surface area (TPSA) is 75.4 Å². The first-order valence-electron chi connectivity index (χ1n) is 5.43. The van der Waals surface area contributed by atoms with Crippen LogP contribution in [0.3, 0.4) is 0 Å². The summed E-state index contributed by atoms with van der Waals surface area (Å²) in [6, 6.07) is 6.27. The molecule has 0 heterocycles. The van der Waals surface area contributed by atoms with Crippen molar-refractivity contribution in [2.24, 2.45) is 5.73 Å². The number of carbonyl (C=O) groups is 1. The van der Waals surface area contributed by atoms with Gasteiger partial charge in [-0.15, -0.1) is 0 Å². The van der Waals surface area contributed by atoms with Gasteiger partial charge in [0.25, 0.3) is 0 Å². The van der Waals surface area contributed by atoms with Gasteiger partial charge >= 0.3 is 0 Å². The van der Waals surface area contributed by atoms with Crippen LogP contribution in [0.15, 0.2) is 24.3 Å². The number of nitrogens with one attached hydrogen (secondary N) is 1. The van der Waals surface area contributed by atoms with E-state index in [1.807, 2.05) is 6.26 Å². The zero-order valence-corrected chi connectivity index (χ0v) is 10.7. The van der Waals surface area contributed by atoms with Crippen LogP contribution in [0.25, 0.3) is 0 Å². The van der Waals surface area contributed by atoms with Crippen LogP contribution < -0.4 is 11.1 Å². The lowest BCUT2D eigenvalue weighted by molar-refractivity contribution is -0.122. The minimum absolute atomic E-state index is 0.132. The Morgan fingerprint density at radius 3 is 2.71 bits per heavy atom. The number of aromatic hydroxyl groups is 1. The van der Waals surface area contributed by atoms with Crippen molar-refractivity contribution in [1.82, 2.24) is 5.32 Å². The summed E-state index contributed by atoms with van der Waals surface area (Å²) < 4.78 is 0. The second kappa shape index (κ2) is 7.19. The zero-order valence-electron chi connectivity index (χ0n) is 9.85. The molecule has 0 aromatic heterocycles. The molecule has 0 saturated heterocycles. The molecule has 1 aromatic carbocycles. The van der Waals surface area contributed by atoms with Crippen molar-refractivity contribution in [2.45, 2.75) is 19.0 Å². The summed E-state index contributed by atoms with van der Waals surface area (Å²) in [7, 11) is 0. The summed E-state index contributed by atoms with van der Waals surface area (Å²) in [5, 5.41) is 11.9. The highest BCUT2D eigenvalue weighted by Crippen LogP contribution is 2.09. The summed E-state index contributed by atoms with van der Waals surface area (Å²) in [6.45, 7) is 0.437. The van der Waals surface area contributed by atoms with E-state index >= 15 is 0 Å². The van der Waals surface area contributed by atoms with Gasteiger partial charge in [-0.2, -0.15) is 11.8 Å². The third-order valence-corrected chi connectivity index (χ3v) is 3.02. The largest absolute Gasteiger partial charge is 0.508 e. The molecule has 0 bridgehead atoms. The molecular formula is C12H18N2O2S. The average Bonchev–Trinajstić information content (AvgIpc) is 2.34. The molecule has 94 valence electrons. The molecule has 1 aromatic rings. The molecule has 0 fully saturated rings. The summed E-state index contributed by atoms with van der Waals surface area (Å²) in [5.41, 5.74) is 6.66. The number of nitrogens with two attached hydrogens (primary N) is 1. The first-order valence-corrected chi connectivity index (χ1v) is 6.83. The monoisotopic (exact) mass is 254 g/mol. The van der Waals surface area contributed by atoms with Crippen LogP contribution in [0.2, 0.25) is 0 Å². The van der Waals surface area contributed by atoms with Gasteiger partial charge in [0, 0.05) is 6.54 Å². The van der Waals surface area contributed by atoms with Crippen LogP contribution in [-0.4, -0.2) is 29.1 Å². The number of benzene rings is 1. The van der Waals surface area contributed by atoms with E-state index in [1.165, 1.54) is 0 Å². The number of phenolic OH excluding ortho intramolecular Hbond substituents is 1. The SMILES string of the molecule is CSCC[C@H](N)C(=O)NCc1ccc(O)cc1. The van der Waals surface area contributed by atoms with Gasteiger partial charge in [-0.3, -0.25) is 4.79 Å². The van der Waals surface area contributed by atoms with Gasteiger partial charge in [-0.25, -0.2) is 0 Å². The second-order valence-corrected chi connectivity index (χ2v) is 4.76. The van der Waals surface area contributed by atoms with Gasteiger partial charge in [0.15, 0.2) is 0 Å². The third-order valence-electron chi connectivity index (χ3n) is 2.37. The minimum atomic E-state index is -0.445. The molecule has 0 unspecified atom stereocenters. The van der Waals surface area contributed by atoms with Crippen molar-refractivity contribution < 1.29 is 9.90 Å². The van der Waals surface area contributed by atoms with Gasteiger partial charge in [0.1, 0.15) is 5.75 Å². The van der Waals surface area contributed by atoms with Crippen molar-refractivity contribution in [3.05, 3.63) is 29.8 Å². The Hall–Kier alpha value is -1.20. The lowest BCUT2D eigenvalue weighted by Crippen LogP contribution is -2.40. The Balaban J connectivity index is 2.34. The fraction of sp³-hybridized carbons (Fsp3) is 0.417. The summed E-state index contributed by atoms with van der Waals surface area (Å²) in [6.07, 6.45) is 2.67. The normalized spacial score (nSPS) is 12.1. The van der Waals surface area contributed by atoms with Crippen molar-refractivity contribution in [1.29, 1.82) is 0 Å². The summed E-state index contributed by atoms with van der Waals surface area (Å²) in [5.74, 6) is 0.970. The fourth-order valence-corrected chi connectivity index (χ4v) is 1.80. The third kappa shape index (κ3) is 5.10. The van der Waals surface area contributed by atoms with Crippen LogP contribution in [0.5, 0.6) is 5.75 Å². The molecular weight excluding hydrogens is 236 g/mol. The van der Waals surface area contributed by atoms with E-state index in [-0.39, 0.29) is 11.7 Å². The molecule has 0 aliphatic carbocycles. The maximum atomic E-state index is 11.6. The first kappa shape index (κ1) is 13.9. The van der Waals surface area contributed by atoms with E-state index in [2.05, 4.69) is 5.32 Å². The summed E-state index contributed by atoms with van der Waals surface area (Å²) >= 11 is 1.68. The van der Waals surface area contributed by atoms with Gasteiger partial charge in [-0.1, -0.05) is 12.1 Å². The van der Waals surface area contributed by atoms with Gasteiger partial charge in [0.05, 0.1) is 6.04 Å².